The quantitative estimate of drug-likeness (QED) is 0.489. The molecule has 0 fully saturated rings. The van der Waals surface area contributed by atoms with Gasteiger partial charge >= 0.3 is 0 Å². The van der Waals surface area contributed by atoms with Crippen molar-refractivity contribution in [1.29, 1.82) is 0 Å². The van der Waals surface area contributed by atoms with Crippen LogP contribution in [-0.2, 0) is 0 Å². The topological polar surface area (TPSA) is 114 Å². The number of nitrogens with one attached hydrogen (secondary N) is 1. The van der Waals surface area contributed by atoms with Gasteiger partial charge in [0.15, 0.2) is 11.5 Å². The van der Waals surface area contributed by atoms with Gasteiger partial charge in [-0.15, -0.1) is 0 Å². The summed E-state index contributed by atoms with van der Waals surface area (Å²) in [5.41, 5.74) is 2.89. The van der Waals surface area contributed by atoms with Crippen LogP contribution < -0.4 is 10.2 Å². The monoisotopic (exact) mass is 349 g/mol. The van der Waals surface area contributed by atoms with Crippen LogP contribution in [0.4, 0.5) is 5.69 Å². The van der Waals surface area contributed by atoms with Crippen molar-refractivity contribution < 1.29 is 19.6 Å². The summed E-state index contributed by atoms with van der Waals surface area (Å²) in [5.74, 6) is -0.546. The number of nitro benzene ring substituents is 1. The Morgan fingerprint density at radius 3 is 2.62 bits per heavy atom. The van der Waals surface area contributed by atoms with E-state index in [1.54, 1.807) is 0 Å². The zero-order valence-electron chi connectivity index (χ0n) is 12.4. The van der Waals surface area contributed by atoms with Gasteiger partial charge in [-0.3, -0.25) is 14.9 Å². The van der Waals surface area contributed by atoms with E-state index in [1.807, 2.05) is 0 Å². The summed E-state index contributed by atoms with van der Waals surface area (Å²) in [6.45, 7) is 0. The molecule has 0 saturated carbocycles. The molecule has 2 N–H and O–H groups in total. The summed E-state index contributed by atoms with van der Waals surface area (Å²) >= 11 is 5.84. The number of hydrogen-bond donors (Lipinski definition) is 2. The van der Waals surface area contributed by atoms with E-state index in [0.717, 1.165) is 0 Å². The van der Waals surface area contributed by atoms with Crippen molar-refractivity contribution >= 4 is 29.4 Å². The van der Waals surface area contributed by atoms with Crippen molar-refractivity contribution in [1.82, 2.24) is 5.43 Å². The van der Waals surface area contributed by atoms with Gasteiger partial charge < -0.3 is 9.84 Å². The first kappa shape index (κ1) is 17.2. The van der Waals surface area contributed by atoms with E-state index in [9.17, 15) is 20.0 Å². The average molecular weight is 350 g/mol. The van der Waals surface area contributed by atoms with Crippen LogP contribution in [0.25, 0.3) is 0 Å². The van der Waals surface area contributed by atoms with Crippen LogP contribution in [-0.4, -0.2) is 29.3 Å². The first-order valence-electron chi connectivity index (χ1n) is 6.56. The molecule has 0 aliphatic rings. The molecule has 2 aromatic rings. The Hall–Kier alpha value is -3.13. The second-order valence-electron chi connectivity index (χ2n) is 4.56. The molecule has 0 heterocycles. The number of halogens is 1. The van der Waals surface area contributed by atoms with Gasteiger partial charge in [0.1, 0.15) is 0 Å². The Labute approximate surface area is 141 Å². The van der Waals surface area contributed by atoms with Crippen molar-refractivity contribution in [2.24, 2.45) is 5.10 Å². The van der Waals surface area contributed by atoms with E-state index in [2.05, 4.69) is 10.5 Å². The van der Waals surface area contributed by atoms with Gasteiger partial charge in [0.05, 0.1) is 23.3 Å². The fourth-order valence-corrected chi connectivity index (χ4v) is 2.01. The van der Waals surface area contributed by atoms with Gasteiger partial charge in [-0.05, 0) is 29.8 Å². The predicted octanol–water partition coefficient (Wildman–Crippen LogP) is 2.73. The molecule has 0 spiro atoms. The number of amides is 1. The molecule has 1 amide bonds. The maximum absolute atomic E-state index is 11.9. The van der Waals surface area contributed by atoms with Gasteiger partial charge in [-0.1, -0.05) is 11.6 Å². The average Bonchev–Trinajstić information content (AvgIpc) is 2.57. The number of hydrazone groups is 1. The minimum absolute atomic E-state index is 0.0810. The van der Waals surface area contributed by atoms with Crippen LogP contribution in [0, 0.1) is 10.1 Å². The molecule has 0 atom stereocenters. The summed E-state index contributed by atoms with van der Waals surface area (Å²) in [6, 6.07) is 8.03. The number of nitrogens with zero attached hydrogens (tertiary/aromatic N) is 2. The number of ether oxygens (including phenoxy) is 1. The summed E-state index contributed by atoms with van der Waals surface area (Å²) in [5, 5.41) is 24.0. The van der Waals surface area contributed by atoms with E-state index in [0.29, 0.717) is 5.56 Å². The lowest BCUT2D eigenvalue weighted by atomic mass is 10.2. The Balaban J connectivity index is 2.07. The van der Waals surface area contributed by atoms with Gasteiger partial charge in [-0.25, -0.2) is 5.43 Å². The molecule has 0 aliphatic carbocycles. The Kier molecular flexibility index (Phi) is 5.33. The van der Waals surface area contributed by atoms with Crippen LogP contribution in [0.15, 0.2) is 41.5 Å². The van der Waals surface area contributed by atoms with E-state index in [-0.39, 0.29) is 27.8 Å². The van der Waals surface area contributed by atoms with Crippen LogP contribution in [0.3, 0.4) is 0 Å². The second kappa shape index (κ2) is 7.42. The molecular weight excluding hydrogens is 338 g/mol. The molecular formula is C15H12ClN3O5. The zero-order chi connectivity index (χ0) is 17.7. The fraction of sp³-hybridized carbons (Fsp3) is 0.0667. The minimum atomic E-state index is -0.554. The van der Waals surface area contributed by atoms with E-state index >= 15 is 0 Å². The third-order valence-electron chi connectivity index (χ3n) is 2.99. The number of non-ortho nitro benzene ring substituents is 1. The molecule has 124 valence electrons. The number of carbonyl (C=O) groups is 1. The maximum atomic E-state index is 11.9. The highest BCUT2D eigenvalue weighted by atomic mass is 35.5. The lowest BCUT2D eigenvalue weighted by molar-refractivity contribution is -0.384. The predicted molar refractivity (Wildman–Crippen MR) is 87.8 cm³/mol. The van der Waals surface area contributed by atoms with Crippen molar-refractivity contribution in [3.8, 4) is 11.5 Å². The summed E-state index contributed by atoms with van der Waals surface area (Å²) < 4.78 is 4.96. The molecule has 2 rings (SSSR count). The fourth-order valence-electron chi connectivity index (χ4n) is 1.79. The van der Waals surface area contributed by atoms with E-state index in [4.69, 9.17) is 16.3 Å². The molecule has 0 radical (unpaired) electrons. The molecule has 9 heteroatoms. The second-order valence-corrected chi connectivity index (χ2v) is 4.96. The number of phenols is 1. The van der Waals surface area contributed by atoms with Gasteiger partial charge in [0, 0.05) is 17.7 Å². The van der Waals surface area contributed by atoms with Crippen molar-refractivity contribution in [2.45, 2.75) is 0 Å². The summed E-state index contributed by atoms with van der Waals surface area (Å²) in [6.07, 6.45) is 1.32. The molecule has 24 heavy (non-hydrogen) atoms. The Morgan fingerprint density at radius 2 is 2.04 bits per heavy atom. The molecule has 2 aromatic carbocycles. The number of rotatable bonds is 5. The lowest BCUT2D eigenvalue weighted by Gasteiger charge is -2.06. The SMILES string of the molecule is COc1cc(/C=N\NC(=O)c2ccc([N+](=O)[O-])cc2)cc(Cl)c1O. The third-order valence-corrected chi connectivity index (χ3v) is 3.28. The highest BCUT2D eigenvalue weighted by molar-refractivity contribution is 6.32. The molecule has 0 saturated heterocycles. The van der Waals surface area contributed by atoms with E-state index in [1.165, 1.54) is 49.7 Å². The highest BCUT2D eigenvalue weighted by Crippen LogP contribution is 2.34. The molecule has 0 bridgehead atoms. The number of benzene rings is 2. The highest BCUT2D eigenvalue weighted by Gasteiger charge is 2.09. The number of methoxy groups -OCH3 is 1. The smallest absolute Gasteiger partial charge is 0.271 e. The minimum Gasteiger partial charge on any atom is -0.503 e. The molecule has 0 aromatic heterocycles. The van der Waals surface area contributed by atoms with Gasteiger partial charge in [0.25, 0.3) is 11.6 Å². The standard InChI is InChI=1S/C15H12ClN3O5/c1-24-13-7-9(6-12(16)14(13)20)8-17-18-15(21)10-2-4-11(5-3-10)19(22)23/h2-8,20H,1H3,(H,18,21)/b17-8-. The third kappa shape index (κ3) is 3.99. The normalized spacial score (nSPS) is 10.6. The summed E-state index contributed by atoms with van der Waals surface area (Å²) in [7, 11) is 1.38. The van der Waals surface area contributed by atoms with Crippen LogP contribution in [0.1, 0.15) is 15.9 Å². The van der Waals surface area contributed by atoms with Crippen molar-refractivity contribution in [3.63, 3.8) is 0 Å². The Bertz CT molecular complexity index is 806. The summed E-state index contributed by atoms with van der Waals surface area (Å²) in [4.78, 5) is 21.9. The number of aromatic hydroxyl groups is 1. The molecule has 8 nitrogen and oxygen atoms in total. The number of nitro groups is 1. The van der Waals surface area contributed by atoms with E-state index < -0.39 is 10.8 Å². The number of phenolic OH excluding ortho intramolecular Hbond substituents is 1. The first-order chi connectivity index (χ1) is 11.4. The van der Waals surface area contributed by atoms with Crippen LogP contribution >= 0.6 is 11.6 Å². The lowest BCUT2D eigenvalue weighted by Crippen LogP contribution is -2.17. The molecule has 0 unspecified atom stereocenters. The number of carbonyl (C=O) groups excluding carboxylic acids is 1. The maximum Gasteiger partial charge on any atom is 0.271 e. The first-order valence-corrected chi connectivity index (χ1v) is 6.94. The Morgan fingerprint density at radius 1 is 1.38 bits per heavy atom. The van der Waals surface area contributed by atoms with Crippen molar-refractivity contribution in [2.75, 3.05) is 7.11 Å². The van der Waals surface area contributed by atoms with Crippen molar-refractivity contribution in [3.05, 3.63) is 62.7 Å². The molecule has 0 aliphatic heterocycles. The number of hydrogen-bond acceptors (Lipinski definition) is 6. The largest absolute Gasteiger partial charge is 0.503 e. The zero-order valence-corrected chi connectivity index (χ0v) is 13.1. The van der Waals surface area contributed by atoms with Crippen LogP contribution in [0.5, 0.6) is 11.5 Å². The van der Waals surface area contributed by atoms with Gasteiger partial charge in [-0.2, -0.15) is 5.10 Å². The van der Waals surface area contributed by atoms with Crippen LogP contribution in [0.2, 0.25) is 5.02 Å². The van der Waals surface area contributed by atoms with Gasteiger partial charge in [0.2, 0.25) is 0 Å².